The van der Waals surface area contributed by atoms with Crippen LogP contribution in [0.25, 0.3) is 5.57 Å². The Morgan fingerprint density at radius 3 is 2.34 bits per heavy atom. The van der Waals surface area contributed by atoms with Gasteiger partial charge in [0.1, 0.15) is 6.10 Å². The number of hydrogen-bond acceptors (Lipinski definition) is 7. The second-order valence-electron chi connectivity index (χ2n) is 10.7. The zero-order valence-corrected chi connectivity index (χ0v) is 26.6. The van der Waals surface area contributed by atoms with Gasteiger partial charge >= 0.3 is 0 Å². The van der Waals surface area contributed by atoms with Crippen molar-refractivity contribution >= 4 is 57.5 Å². The minimum absolute atomic E-state index is 0.0566. The van der Waals surface area contributed by atoms with E-state index >= 15 is 0 Å². The van der Waals surface area contributed by atoms with Crippen LogP contribution < -0.4 is 10.0 Å². The summed E-state index contributed by atoms with van der Waals surface area (Å²) in [4.78, 5) is 39.4. The average Bonchev–Trinajstić information content (AvgIpc) is 2.90. The van der Waals surface area contributed by atoms with Gasteiger partial charge in [-0.1, -0.05) is 74.9 Å². The highest BCUT2D eigenvalue weighted by atomic mass is 35.5. The van der Waals surface area contributed by atoms with E-state index in [9.17, 15) is 27.9 Å². The van der Waals surface area contributed by atoms with Gasteiger partial charge in [0, 0.05) is 44.1 Å². The van der Waals surface area contributed by atoms with Gasteiger partial charge in [-0.15, -0.1) is 0 Å². The lowest BCUT2D eigenvalue weighted by atomic mass is 9.91. The van der Waals surface area contributed by atoms with Crippen LogP contribution in [-0.2, 0) is 24.4 Å². The number of carbonyl (C=O) groups excluding carboxylic acids is 3. The van der Waals surface area contributed by atoms with E-state index in [4.69, 9.17) is 11.6 Å². The first-order chi connectivity index (χ1) is 19.2. The molecule has 0 fully saturated rings. The third-order valence-corrected chi connectivity index (χ3v) is 9.70. The van der Waals surface area contributed by atoms with Gasteiger partial charge in [0.2, 0.25) is 11.8 Å². The number of allylic oxidation sites excluding steroid dienone is 2. The molecule has 2 rings (SSSR count). The molecule has 0 aliphatic heterocycles. The monoisotopic (exact) mass is 627 g/mol. The molecular formula is C29H42ClN3O6S2. The van der Waals surface area contributed by atoms with Crippen molar-refractivity contribution < 1.29 is 27.9 Å². The Morgan fingerprint density at radius 2 is 1.78 bits per heavy atom. The summed E-state index contributed by atoms with van der Waals surface area (Å²) in [6, 6.07) is 8.60. The van der Waals surface area contributed by atoms with Crippen molar-refractivity contribution in [1.82, 2.24) is 14.9 Å². The van der Waals surface area contributed by atoms with Crippen molar-refractivity contribution in [3.8, 4) is 0 Å². The summed E-state index contributed by atoms with van der Waals surface area (Å²) in [5.41, 5.74) is 1.33. The van der Waals surface area contributed by atoms with Gasteiger partial charge in [0.05, 0.1) is 0 Å². The molecule has 0 heterocycles. The number of rotatable bonds is 15. The number of alkyl halides is 1. The van der Waals surface area contributed by atoms with E-state index in [1.165, 1.54) is 4.90 Å². The van der Waals surface area contributed by atoms with E-state index in [-0.39, 0.29) is 55.8 Å². The molecule has 0 saturated carbocycles. The Balaban J connectivity index is 2.35. The predicted octanol–water partition coefficient (Wildman–Crippen LogP) is 3.64. The molecule has 1 aliphatic rings. The molecule has 3 N–H and O–H groups in total. The molecule has 9 nitrogen and oxygen atoms in total. The zero-order chi connectivity index (χ0) is 30.8. The lowest BCUT2D eigenvalue weighted by molar-refractivity contribution is -0.131. The molecular weight excluding hydrogens is 586 g/mol. The number of benzene rings is 1. The molecule has 12 heteroatoms. The van der Waals surface area contributed by atoms with E-state index in [0.29, 0.717) is 29.2 Å². The average molecular weight is 628 g/mol. The van der Waals surface area contributed by atoms with Crippen LogP contribution in [0.1, 0.15) is 65.4 Å². The van der Waals surface area contributed by atoms with Gasteiger partial charge < -0.3 is 15.3 Å². The van der Waals surface area contributed by atoms with Crippen molar-refractivity contribution in [2.24, 2.45) is 5.92 Å². The van der Waals surface area contributed by atoms with Crippen LogP contribution >= 0.6 is 24.2 Å². The Labute approximate surface area is 254 Å². The number of halogens is 1. The smallest absolute Gasteiger partial charge is 0.262 e. The van der Waals surface area contributed by atoms with Gasteiger partial charge in [-0.3, -0.25) is 14.4 Å². The molecule has 1 aromatic carbocycles. The van der Waals surface area contributed by atoms with Crippen LogP contribution in [0.5, 0.6) is 0 Å². The molecule has 0 radical (unpaired) electrons. The molecule has 1 aromatic rings. The number of aliphatic hydroxyl groups excluding tert-OH is 1. The standard InChI is InChI=1S/C29H42ClN3O6S2/c1-5-9-27(36)33(15-14-26(35)31-24(19-40)16-20(2)3)18-22-12-13-25(23-10-7-6-8-11-23)29(30,17-22)41(38,39)32-28(37)21(4)34/h6-8,10-13,20-21,24,34,40H,5,9,14-19H2,1-4H3,(H,31,35)(H,32,37)/t21-,24+,29?/m0/s1. The van der Waals surface area contributed by atoms with Crippen molar-refractivity contribution in [1.29, 1.82) is 0 Å². The van der Waals surface area contributed by atoms with Crippen molar-refractivity contribution in [2.45, 2.75) is 76.2 Å². The van der Waals surface area contributed by atoms with Crippen molar-refractivity contribution in [3.05, 3.63) is 53.6 Å². The van der Waals surface area contributed by atoms with Gasteiger partial charge in [0.25, 0.3) is 15.9 Å². The van der Waals surface area contributed by atoms with Crippen LogP contribution in [0.3, 0.4) is 0 Å². The predicted molar refractivity (Wildman–Crippen MR) is 166 cm³/mol. The topological polar surface area (TPSA) is 133 Å². The SMILES string of the molecule is CCCC(=O)N(CCC(=O)N[C@@H](CS)CC(C)C)CC1=CC=C(c2ccccc2)C(Cl)(S(=O)(=O)NC(=O)[C@H](C)O)C1. The quantitative estimate of drug-likeness (QED) is 0.173. The first kappa shape index (κ1) is 34.9. The fraction of sp³-hybridized carbons (Fsp3) is 0.552. The number of carbonyl (C=O) groups is 3. The second-order valence-corrected chi connectivity index (χ2v) is 13.9. The number of thiol groups is 1. The number of nitrogens with zero attached hydrogens (tertiary/aromatic N) is 1. The highest BCUT2D eigenvalue weighted by Crippen LogP contribution is 2.45. The summed E-state index contributed by atoms with van der Waals surface area (Å²) in [7, 11) is -4.55. The van der Waals surface area contributed by atoms with Crippen LogP contribution in [0.15, 0.2) is 48.1 Å². The van der Waals surface area contributed by atoms with E-state index < -0.39 is 26.2 Å². The van der Waals surface area contributed by atoms with Crippen LogP contribution in [0, 0.1) is 5.92 Å². The summed E-state index contributed by atoms with van der Waals surface area (Å²) in [6.07, 6.45) is 3.24. The third-order valence-electron chi connectivity index (χ3n) is 6.63. The highest BCUT2D eigenvalue weighted by molar-refractivity contribution is 7.93. The molecule has 3 amide bonds. The Kier molecular flexibility index (Phi) is 13.4. The van der Waals surface area contributed by atoms with Crippen LogP contribution in [-0.4, -0.2) is 71.3 Å². The van der Waals surface area contributed by atoms with Gasteiger partial charge in [-0.05, 0) is 42.4 Å². The lowest BCUT2D eigenvalue weighted by Gasteiger charge is -2.35. The molecule has 228 valence electrons. The molecule has 0 bridgehead atoms. The number of hydrogen-bond donors (Lipinski definition) is 4. The second kappa shape index (κ2) is 15.8. The first-order valence-electron chi connectivity index (χ1n) is 13.8. The number of aliphatic hydroxyl groups is 1. The summed E-state index contributed by atoms with van der Waals surface area (Å²) >= 11 is 11.2. The van der Waals surface area contributed by atoms with E-state index in [1.54, 1.807) is 42.5 Å². The molecule has 1 unspecified atom stereocenters. The van der Waals surface area contributed by atoms with E-state index in [2.05, 4.69) is 31.8 Å². The molecule has 41 heavy (non-hydrogen) atoms. The highest BCUT2D eigenvalue weighted by Gasteiger charge is 2.49. The Morgan fingerprint density at radius 1 is 1.12 bits per heavy atom. The maximum Gasteiger partial charge on any atom is 0.262 e. The Bertz CT molecular complexity index is 1230. The van der Waals surface area contributed by atoms with Crippen LogP contribution in [0.2, 0.25) is 0 Å². The minimum Gasteiger partial charge on any atom is -0.384 e. The van der Waals surface area contributed by atoms with E-state index in [1.807, 2.05) is 11.6 Å². The minimum atomic E-state index is -4.55. The van der Waals surface area contributed by atoms with Crippen molar-refractivity contribution in [3.63, 3.8) is 0 Å². The molecule has 0 aromatic heterocycles. The third kappa shape index (κ3) is 9.87. The molecule has 3 atom stereocenters. The van der Waals surface area contributed by atoms with Crippen LogP contribution in [0.4, 0.5) is 0 Å². The maximum atomic E-state index is 13.5. The van der Waals surface area contributed by atoms with E-state index in [0.717, 1.165) is 13.3 Å². The van der Waals surface area contributed by atoms with Gasteiger partial charge in [0.15, 0.2) is 4.21 Å². The number of sulfonamides is 1. The normalized spacial score (nSPS) is 18.6. The van der Waals surface area contributed by atoms with Gasteiger partial charge in [-0.25, -0.2) is 13.1 Å². The number of nitrogens with one attached hydrogen (secondary N) is 2. The zero-order valence-electron chi connectivity index (χ0n) is 24.1. The van der Waals surface area contributed by atoms with Gasteiger partial charge in [-0.2, -0.15) is 12.6 Å². The molecule has 0 saturated heterocycles. The van der Waals surface area contributed by atoms with Crippen molar-refractivity contribution in [2.75, 3.05) is 18.8 Å². The summed E-state index contributed by atoms with van der Waals surface area (Å²) < 4.78 is 26.8. The fourth-order valence-corrected chi connectivity index (χ4v) is 6.69. The summed E-state index contributed by atoms with van der Waals surface area (Å²) in [6.45, 7) is 7.36. The lowest BCUT2D eigenvalue weighted by Crippen LogP contribution is -2.49. The first-order valence-corrected chi connectivity index (χ1v) is 16.3. The fourth-order valence-electron chi connectivity index (χ4n) is 4.54. The largest absolute Gasteiger partial charge is 0.384 e. The maximum absolute atomic E-state index is 13.5. The summed E-state index contributed by atoms with van der Waals surface area (Å²) in [5, 5.41) is 12.6. The molecule has 0 spiro atoms. The summed E-state index contributed by atoms with van der Waals surface area (Å²) in [5.74, 6) is -0.574. The Hall–Kier alpha value is -2.34. The number of amides is 3. The molecule has 1 aliphatic carbocycles.